The monoisotopic (exact) mass is 270 g/mol. The Bertz CT molecular complexity index is 632. The number of hydrogen-bond donors (Lipinski definition) is 1. The van der Waals surface area contributed by atoms with Crippen LogP contribution in [0.25, 0.3) is 0 Å². The first kappa shape index (κ1) is 14.1. The van der Waals surface area contributed by atoms with Crippen LogP contribution in [0, 0.1) is 6.92 Å². The maximum Gasteiger partial charge on any atom is 0.335 e. The molecule has 2 aromatic carbocycles. The third kappa shape index (κ3) is 2.67. The van der Waals surface area contributed by atoms with Gasteiger partial charge in [0.1, 0.15) is 5.75 Å². The van der Waals surface area contributed by atoms with Crippen molar-refractivity contribution < 1.29 is 14.6 Å². The first-order valence-electron chi connectivity index (χ1n) is 6.51. The number of rotatable bonds is 4. The van der Waals surface area contributed by atoms with Crippen molar-refractivity contribution in [2.45, 2.75) is 19.8 Å². The predicted octanol–water partition coefficient (Wildman–Crippen LogP) is 3.85. The Kier molecular flexibility index (Phi) is 4.08. The van der Waals surface area contributed by atoms with Gasteiger partial charge in [-0.05, 0) is 30.2 Å². The first-order chi connectivity index (χ1) is 9.54. The van der Waals surface area contributed by atoms with E-state index in [4.69, 9.17) is 9.84 Å². The molecule has 2 rings (SSSR count). The Hall–Kier alpha value is -2.29. The fourth-order valence-corrected chi connectivity index (χ4v) is 2.40. The number of carbonyl (C=O) groups is 1. The molecule has 0 fully saturated rings. The van der Waals surface area contributed by atoms with Crippen LogP contribution in [0.1, 0.15) is 39.9 Å². The molecular weight excluding hydrogens is 252 g/mol. The SMILES string of the molecule is COc1ccccc1C(C)c1ccc(C(=O)O)c(C)c1. The topological polar surface area (TPSA) is 46.5 Å². The number of hydrogen-bond acceptors (Lipinski definition) is 2. The van der Waals surface area contributed by atoms with E-state index in [2.05, 4.69) is 6.92 Å². The molecule has 20 heavy (non-hydrogen) atoms. The van der Waals surface area contributed by atoms with Crippen molar-refractivity contribution in [1.82, 2.24) is 0 Å². The molecular formula is C17H18O3. The van der Waals surface area contributed by atoms with E-state index in [-0.39, 0.29) is 5.92 Å². The largest absolute Gasteiger partial charge is 0.496 e. The van der Waals surface area contributed by atoms with Crippen molar-refractivity contribution in [2.75, 3.05) is 7.11 Å². The fraction of sp³-hybridized carbons (Fsp3) is 0.235. The fourth-order valence-electron chi connectivity index (χ4n) is 2.40. The second-order valence-electron chi connectivity index (χ2n) is 4.84. The van der Waals surface area contributed by atoms with Crippen LogP contribution in [0.2, 0.25) is 0 Å². The summed E-state index contributed by atoms with van der Waals surface area (Å²) < 4.78 is 5.39. The summed E-state index contributed by atoms with van der Waals surface area (Å²) in [5.41, 5.74) is 3.30. The van der Waals surface area contributed by atoms with E-state index in [0.717, 1.165) is 22.4 Å². The third-order valence-electron chi connectivity index (χ3n) is 3.59. The van der Waals surface area contributed by atoms with Gasteiger partial charge in [0.15, 0.2) is 0 Å². The zero-order valence-corrected chi connectivity index (χ0v) is 11.9. The van der Waals surface area contributed by atoms with Gasteiger partial charge in [0.2, 0.25) is 0 Å². The van der Waals surface area contributed by atoms with E-state index in [9.17, 15) is 4.79 Å². The average Bonchev–Trinajstić information content (AvgIpc) is 2.45. The van der Waals surface area contributed by atoms with Crippen LogP contribution in [0.15, 0.2) is 42.5 Å². The minimum Gasteiger partial charge on any atom is -0.496 e. The van der Waals surface area contributed by atoms with E-state index in [1.54, 1.807) is 13.2 Å². The smallest absolute Gasteiger partial charge is 0.335 e. The molecule has 0 aliphatic rings. The van der Waals surface area contributed by atoms with Gasteiger partial charge >= 0.3 is 5.97 Å². The van der Waals surface area contributed by atoms with Gasteiger partial charge in [0, 0.05) is 11.5 Å². The average molecular weight is 270 g/mol. The number of methoxy groups -OCH3 is 1. The van der Waals surface area contributed by atoms with Gasteiger partial charge in [-0.15, -0.1) is 0 Å². The van der Waals surface area contributed by atoms with Crippen molar-refractivity contribution in [3.63, 3.8) is 0 Å². The normalized spacial score (nSPS) is 11.9. The lowest BCUT2D eigenvalue weighted by atomic mass is 9.90. The second kappa shape index (κ2) is 5.78. The summed E-state index contributed by atoms with van der Waals surface area (Å²) >= 11 is 0. The van der Waals surface area contributed by atoms with E-state index in [1.807, 2.05) is 43.3 Å². The van der Waals surface area contributed by atoms with Crippen LogP contribution < -0.4 is 4.74 Å². The van der Waals surface area contributed by atoms with Crippen molar-refractivity contribution in [2.24, 2.45) is 0 Å². The highest BCUT2D eigenvalue weighted by Gasteiger charge is 2.15. The first-order valence-corrected chi connectivity index (χ1v) is 6.51. The van der Waals surface area contributed by atoms with Crippen molar-refractivity contribution in [1.29, 1.82) is 0 Å². The highest BCUT2D eigenvalue weighted by Crippen LogP contribution is 2.32. The Morgan fingerprint density at radius 3 is 2.50 bits per heavy atom. The summed E-state index contributed by atoms with van der Waals surface area (Å²) in [6, 6.07) is 13.3. The molecule has 104 valence electrons. The maximum atomic E-state index is 11.1. The predicted molar refractivity (Wildman–Crippen MR) is 78.6 cm³/mol. The molecule has 0 radical (unpaired) electrons. The lowest BCUT2D eigenvalue weighted by Crippen LogP contribution is -2.03. The number of ether oxygens (including phenoxy) is 1. The number of aromatic carboxylic acids is 1. The third-order valence-corrected chi connectivity index (χ3v) is 3.59. The highest BCUT2D eigenvalue weighted by atomic mass is 16.5. The Morgan fingerprint density at radius 2 is 1.90 bits per heavy atom. The Balaban J connectivity index is 2.41. The molecule has 0 saturated carbocycles. The van der Waals surface area contributed by atoms with Crippen LogP contribution >= 0.6 is 0 Å². The van der Waals surface area contributed by atoms with Crippen LogP contribution in [0.4, 0.5) is 0 Å². The minimum atomic E-state index is -0.890. The standard InChI is InChI=1S/C17H18O3/c1-11-10-13(8-9-14(11)17(18)19)12(2)15-6-4-5-7-16(15)20-3/h4-10,12H,1-3H3,(H,18,19). The van der Waals surface area contributed by atoms with Gasteiger partial charge in [-0.1, -0.05) is 37.3 Å². The van der Waals surface area contributed by atoms with Gasteiger partial charge in [0.05, 0.1) is 12.7 Å². The summed E-state index contributed by atoms with van der Waals surface area (Å²) in [5.74, 6) is 0.103. The molecule has 2 aromatic rings. The molecule has 0 aliphatic carbocycles. The van der Waals surface area contributed by atoms with Crippen LogP contribution in [0.3, 0.4) is 0 Å². The zero-order valence-electron chi connectivity index (χ0n) is 11.9. The van der Waals surface area contributed by atoms with Gasteiger partial charge in [-0.3, -0.25) is 0 Å². The van der Waals surface area contributed by atoms with E-state index in [1.165, 1.54) is 0 Å². The van der Waals surface area contributed by atoms with Crippen molar-refractivity contribution in [3.8, 4) is 5.75 Å². The molecule has 0 saturated heterocycles. The molecule has 0 amide bonds. The molecule has 3 nitrogen and oxygen atoms in total. The van der Waals surface area contributed by atoms with Gasteiger partial charge < -0.3 is 9.84 Å². The quantitative estimate of drug-likeness (QED) is 0.917. The van der Waals surface area contributed by atoms with Crippen molar-refractivity contribution >= 4 is 5.97 Å². The van der Waals surface area contributed by atoms with Gasteiger partial charge in [-0.25, -0.2) is 4.79 Å². The molecule has 0 heterocycles. The van der Waals surface area contributed by atoms with E-state index < -0.39 is 5.97 Å². The van der Waals surface area contributed by atoms with E-state index >= 15 is 0 Å². The van der Waals surface area contributed by atoms with Gasteiger partial charge in [-0.2, -0.15) is 0 Å². The summed E-state index contributed by atoms with van der Waals surface area (Å²) in [6.45, 7) is 3.91. The summed E-state index contributed by atoms with van der Waals surface area (Å²) in [6.07, 6.45) is 0. The van der Waals surface area contributed by atoms with E-state index in [0.29, 0.717) is 5.56 Å². The molecule has 0 aliphatic heterocycles. The van der Waals surface area contributed by atoms with Gasteiger partial charge in [0.25, 0.3) is 0 Å². The molecule has 1 N–H and O–H groups in total. The maximum absolute atomic E-state index is 11.1. The molecule has 0 aromatic heterocycles. The summed E-state index contributed by atoms with van der Waals surface area (Å²) in [5, 5.41) is 9.07. The van der Waals surface area contributed by atoms with Crippen molar-refractivity contribution in [3.05, 3.63) is 64.7 Å². The molecule has 1 atom stereocenters. The lowest BCUT2D eigenvalue weighted by Gasteiger charge is -2.17. The minimum absolute atomic E-state index is 0.146. The highest BCUT2D eigenvalue weighted by molar-refractivity contribution is 5.89. The number of carboxylic acids is 1. The number of para-hydroxylation sites is 1. The number of benzene rings is 2. The molecule has 3 heteroatoms. The number of carboxylic acid groups (broad SMARTS) is 1. The number of aryl methyl sites for hydroxylation is 1. The summed E-state index contributed by atoms with van der Waals surface area (Å²) in [7, 11) is 1.66. The Labute approximate surface area is 118 Å². The molecule has 1 unspecified atom stereocenters. The van der Waals surface area contributed by atoms with Crippen LogP contribution in [0.5, 0.6) is 5.75 Å². The van der Waals surface area contributed by atoms with Crippen LogP contribution in [-0.2, 0) is 0 Å². The Morgan fingerprint density at radius 1 is 1.20 bits per heavy atom. The second-order valence-corrected chi connectivity index (χ2v) is 4.84. The molecule has 0 spiro atoms. The zero-order chi connectivity index (χ0) is 14.7. The summed E-state index contributed by atoms with van der Waals surface area (Å²) in [4.78, 5) is 11.1. The molecule has 0 bridgehead atoms. The van der Waals surface area contributed by atoms with Crippen LogP contribution in [-0.4, -0.2) is 18.2 Å². The lowest BCUT2D eigenvalue weighted by molar-refractivity contribution is 0.0696.